The molecule has 5 nitrogen and oxygen atoms in total. The molecular weight excluding hydrogens is 469 g/mol. The number of halogens is 2. The number of fused-ring (bicyclic) bond motifs is 2. The van der Waals surface area contributed by atoms with Crippen molar-refractivity contribution in [2.45, 2.75) is 39.0 Å². The second kappa shape index (κ2) is 8.97. The van der Waals surface area contributed by atoms with E-state index in [1.807, 2.05) is 47.8 Å². The highest BCUT2D eigenvalue weighted by Crippen LogP contribution is 2.38. The van der Waals surface area contributed by atoms with Crippen molar-refractivity contribution in [1.29, 1.82) is 0 Å². The van der Waals surface area contributed by atoms with Crippen LogP contribution in [0.3, 0.4) is 0 Å². The largest absolute Gasteiger partial charge is 0.493 e. The molecule has 2 aromatic carbocycles. The van der Waals surface area contributed by atoms with Gasteiger partial charge in [0.15, 0.2) is 0 Å². The number of aryl methyl sites for hydroxylation is 1. The monoisotopic (exact) mass is 493 g/mol. The number of para-hydroxylation sites is 1. The number of carbonyl (C=O) groups is 1. The van der Waals surface area contributed by atoms with Gasteiger partial charge in [-0.25, -0.2) is 4.52 Å². The molecule has 0 saturated heterocycles. The summed E-state index contributed by atoms with van der Waals surface area (Å²) in [4.78, 5) is 13.4. The zero-order valence-corrected chi connectivity index (χ0v) is 20.7. The number of nitrogens with one attached hydrogen (secondary N) is 1. The third kappa shape index (κ3) is 4.04. The van der Waals surface area contributed by atoms with E-state index in [2.05, 4.69) is 25.2 Å². The van der Waals surface area contributed by atoms with Crippen LogP contribution in [0.4, 0.5) is 5.69 Å². The Kier molecular flexibility index (Phi) is 6.00. The van der Waals surface area contributed by atoms with Crippen LogP contribution in [0, 0.1) is 6.92 Å². The number of benzene rings is 2. The average molecular weight is 494 g/mol. The second-order valence-electron chi connectivity index (χ2n) is 8.97. The molecule has 0 aliphatic carbocycles. The minimum atomic E-state index is -0.265. The van der Waals surface area contributed by atoms with Crippen molar-refractivity contribution in [3.05, 3.63) is 81.5 Å². The van der Waals surface area contributed by atoms with Crippen LogP contribution in [0.2, 0.25) is 10.0 Å². The molecule has 1 amide bonds. The summed E-state index contributed by atoms with van der Waals surface area (Å²) < 4.78 is 7.64. The SMILES string of the molecule is Cc1cc2c(C(C)C)c(NC(=O)[C@H]3CCOc4ccccc43)cnn2c1-c1cc(Cl)cc(Cl)c1. The smallest absolute Gasteiger partial charge is 0.232 e. The normalized spacial score (nSPS) is 15.3. The van der Waals surface area contributed by atoms with Gasteiger partial charge in [0.25, 0.3) is 0 Å². The molecule has 7 heteroatoms. The van der Waals surface area contributed by atoms with Gasteiger partial charge in [-0.1, -0.05) is 55.2 Å². The van der Waals surface area contributed by atoms with Crippen LogP contribution in [0.1, 0.15) is 48.8 Å². The molecule has 2 aromatic heterocycles. The van der Waals surface area contributed by atoms with Crippen molar-refractivity contribution >= 4 is 40.3 Å². The zero-order chi connectivity index (χ0) is 24.0. The minimum Gasteiger partial charge on any atom is -0.493 e. The van der Waals surface area contributed by atoms with E-state index in [4.69, 9.17) is 33.0 Å². The number of hydrogen-bond acceptors (Lipinski definition) is 3. The molecule has 0 bridgehead atoms. The highest BCUT2D eigenvalue weighted by Gasteiger charge is 2.29. The van der Waals surface area contributed by atoms with E-state index in [9.17, 15) is 4.79 Å². The van der Waals surface area contributed by atoms with Crippen molar-refractivity contribution < 1.29 is 9.53 Å². The highest BCUT2D eigenvalue weighted by molar-refractivity contribution is 6.35. The molecule has 1 N–H and O–H groups in total. The molecule has 174 valence electrons. The lowest BCUT2D eigenvalue weighted by Gasteiger charge is -2.25. The van der Waals surface area contributed by atoms with Gasteiger partial charge >= 0.3 is 0 Å². The van der Waals surface area contributed by atoms with E-state index >= 15 is 0 Å². The Morgan fingerprint density at radius 1 is 1.15 bits per heavy atom. The molecular formula is C27H25Cl2N3O2. The maximum absolute atomic E-state index is 13.4. The summed E-state index contributed by atoms with van der Waals surface area (Å²) in [5.41, 5.74) is 6.50. The van der Waals surface area contributed by atoms with Gasteiger partial charge < -0.3 is 10.1 Å². The summed E-state index contributed by atoms with van der Waals surface area (Å²) in [5.74, 6) is 0.624. The molecule has 5 rings (SSSR count). The van der Waals surface area contributed by atoms with Crippen molar-refractivity contribution in [2.24, 2.45) is 0 Å². The molecule has 34 heavy (non-hydrogen) atoms. The lowest BCUT2D eigenvalue weighted by molar-refractivity contribution is -0.118. The molecule has 0 fully saturated rings. The van der Waals surface area contributed by atoms with Crippen molar-refractivity contribution in [1.82, 2.24) is 9.61 Å². The van der Waals surface area contributed by atoms with E-state index < -0.39 is 0 Å². The van der Waals surface area contributed by atoms with E-state index in [0.29, 0.717) is 23.1 Å². The van der Waals surface area contributed by atoms with Crippen LogP contribution < -0.4 is 10.1 Å². The lowest BCUT2D eigenvalue weighted by atomic mass is 9.92. The third-order valence-electron chi connectivity index (χ3n) is 6.28. The van der Waals surface area contributed by atoms with Crippen LogP contribution in [-0.2, 0) is 4.79 Å². The number of anilines is 1. The van der Waals surface area contributed by atoms with Crippen LogP contribution in [-0.4, -0.2) is 22.1 Å². The Bertz CT molecular complexity index is 1390. The summed E-state index contributed by atoms with van der Waals surface area (Å²) >= 11 is 12.5. The standard InChI is InChI=1S/C27H25Cl2N3O2/c1-15(2)25-22(31-27(33)21-8-9-34-24-7-5-4-6-20(21)24)14-30-32-23(25)10-16(3)26(32)17-11-18(28)13-19(29)12-17/h4-7,10-15,21H,8-9H2,1-3H3,(H,31,33)/t21-/m0/s1. The maximum Gasteiger partial charge on any atom is 0.232 e. The van der Waals surface area contributed by atoms with Gasteiger partial charge in [0.05, 0.1) is 35.6 Å². The summed E-state index contributed by atoms with van der Waals surface area (Å²) in [6.07, 6.45) is 2.37. The molecule has 1 atom stereocenters. The molecule has 0 radical (unpaired) electrons. The Morgan fingerprint density at radius 2 is 1.88 bits per heavy atom. The quantitative estimate of drug-likeness (QED) is 0.325. The fourth-order valence-corrected chi connectivity index (χ4v) is 5.36. The summed E-state index contributed by atoms with van der Waals surface area (Å²) in [6, 6.07) is 15.3. The Balaban J connectivity index is 1.57. The molecule has 1 aliphatic rings. The Labute approximate surface area is 208 Å². The summed E-state index contributed by atoms with van der Waals surface area (Å²) in [5, 5.41) is 9.02. The third-order valence-corrected chi connectivity index (χ3v) is 6.72. The van der Waals surface area contributed by atoms with Crippen LogP contribution in [0.25, 0.3) is 16.8 Å². The predicted molar refractivity (Wildman–Crippen MR) is 137 cm³/mol. The number of nitrogens with zero attached hydrogens (tertiary/aromatic N) is 2. The number of carbonyl (C=O) groups excluding carboxylic acids is 1. The zero-order valence-electron chi connectivity index (χ0n) is 19.2. The van der Waals surface area contributed by atoms with Crippen LogP contribution in [0.15, 0.2) is 54.7 Å². The van der Waals surface area contributed by atoms with Crippen molar-refractivity contribution in [3.8, 4) is 17.0 Å². The first-order chi connectivity index (χ1) is 16.3. The van der Waals surface area contributed by atoms with Gasteiger partial charge in [0.2, 0.25) is 5.91 Å². The van der Waals surface area contributed by atoms with E-state index in [0.717, 1.165) is 44.9 Å². The van der Waals surface area contributed by atoms with Gasteiger partial charge in [-0.05, 0) is 55.2 Å². The van der Waals surface area contributed by atoms with E-state index in [1.54, 1.807) is 12.3 Å². The Hall–Kier alpha value is -3.02. The van der Waals surface area contributed by atoms with Crippen molar-refractivity contribution in [2.75, 3.05) is 11.9 Å². The van der Waals surface area contributed by atoms with E-state index in [1.165, 1.54) is 0 Å². The Morgan fingerprint density at radius 3 is 2.62 bits per heavy atom. The minimum absolute atomic E-state index is 0.0473. The predicted octanol–water partition coefficient (Wildman–Crippen LogP) is 7.24. The highest BCUT2D eigenvalue weighted by atomic mass is 35.5. The molecule has 0 unspecified atom stereocenters. The molecule has 0 saturated carbocycles. The molecule has 0 spiro atoms. The van der Waals surface area contributed by atoms with Gasteiger partial charge in [-0.3, -0.25) is 4.79 Å². The first-order valence-electron chi connectivity index (χ1n) is 11.3. The molecule has 3 heterocycles. The van der Waals surface area contributed by atoms with E-state index in [-0.39, 0.29) is 17.7 Å². The van der Waals surface area contributed by atoms with Gasteiger partial charge in [0.1, 0.15) is 5.75 Å². The molecule has 4 aromatic rings. The molecule has 1 aliphatic heterocycles. The number of rotatable bonds is 4. The number of hydrogen-bond donors (Lipinski definition) is 1. The fourth-order valence-electron chi connectivity index (χ4n) is 4.84. The van der Waals surface area contributed by atoms with Crippen LogP contribution >= 0.6 is 23.2 Å². The second-order valence-corrected chi connectivity index (χ2v) is 9.85. The summed E-state index contributed by atoms with van der Waals surface area (Å²) in [7, 11) is 0. The van der Waals surface area contributed by atoms with Gasteiger partial charge in [-0.15, -0.1) is 0 Å². The first kappa shape index (κ1) is 22.8. The number of aromatic nitrogens is 2. The van der Waals surface area contributed by atoms with Gasteiger partial charge in [-0.2, -0.15) is 5.10 Å². The first-order valence-corrected chi connectivity index (χ1v) is 12.1. The average Bonchev–Trinajstić information content (AvgIpc) is 3.13. The van der Waals surface area contributed by atoms with Crippen molar-refractivity contribution in [3.63, 3.8) is 0 Å². The van der Waals surface area contributed by atoms with Gasteiger partial charge in [0, 0.05) is 26.7 Å². The maximum atomic E-state index is 13.4. The van der Waals surface area contributed by atoms with Crippen LogP contribution in [0.5, 0.6) is 5.75 Å². The topological polar surface area (TPSA) is 55.6 Å². The summed E-state index contributed by atoms with van der Waals surface area (Å²) in [6.45, 7) is 6.80. The number of amides is 1. The number of ether oxygens (including phenoxy) is 1. The lowest BCUT2D eigenvalue weighted by Crippen LogP contribution is -2.27. The fraction of sp³-hybridized carbons (Fsp3) is 0.259.